The molecule has 3 heterocycles. The summed E-state index contributed by atoms with van der Waals surface area (Å²) < 4.78 is 1.96. The molecule has 144 valence electrons. The van der Waals surface area contributed by atoms with Gasteiger partial charge in [-0.15, -0.1) is 0 Å². The zero-order chi connectivity index (χ0) is 19.2. The Kier molecular flexibility index (Phi) is 6.05. The van der Waals surface area contributed by atoms with Crippen molar-refractivity contribution in [3.8, 4) is 0 Å². The number of hydrogen-bond donors (Lipinski definition) is 2. The minimum Gasteiger partial charge on any atom is -0.354 e. The lowest BCUT2D eigenvalue weighted by Crippen LogP contribution is -2.52. The maximum absolute atomic E-state index is 12.8. The molecule has 0 aliphatic carbocycles. The summed E-state index contributed by atoms with van der Waals surface area (Å²) in [5.74, 6) is 0.378. The molecule has 0 spiro atoms. The molecule has 1 atom stereocenters. The lowest BCUT2D eigenvalue weighted by atomic mass is 10.0. The first-order chi connectivity index (χ1) is 13.0. The summed E-state index contributed by atoms with van der Waals surface area (Å²) in [4.78, 5) is 35.0. The Morgan fingerprint density at radius 2 is 1.93 bits per heavy atom. The molecule has 2 N–H and O–H groups in total. The van der Waals surface area contributed by atoms with Crippen molar-refractivity contribution in [3.63, 3.8) is 0 Å². The van der Waals surface area contributed by atoms with E-state index >= 15 is 0 Å². The molecule has 0 radical (unpaired) electrons. The molecule has 1 fully saturated rings. The summed E-state index contributed by atoms with van der Waals surface area (Å²) in [5, 5.41) is 5.87. The highest BCUT2D eigenvalue weighted by molar-refractivity contribution is 5.87. The third kappa shape index (κ3) is 5.06. The van der Waals surface area contributed by atoms with E-state index in [9.17, 15) is 9.59 Å². The van der Waals surface area contributed by atoms with Gasteiger partial charge in [-0.2, -0.15) is 0 Å². The highest BCUT2D eigenvalue weighted by Crippen LogP contribution is 2.15. The molecule has 0 aromatic carbocycles. The van der Waals surface area contributed by atoms with Gasteiger partial charge in [0.25, 0.3) is 0 Å². The number of carbonyl (C=O) groups excluding carboxylic acids is 2. The minimum absolute atomic E-state index is 0.0853. The molecule has 2 aromatic rings. The zero-order valence-corrected chi connectivity index (χ0v) is 15.8. The Balaban J connectivity index is 1.56. The van der Waals surface area contributed by atoms with E-state index in [0.717, 1.165) is 37.6 Å². The first-order valence-electron chi connectivity index (χ1n) is 9.22. The van der Waals surface area contributed by atoms with Crippen LogP contribution >= 0.6 is 0 Å². The van der Waals surface area contributed by atoms with Crippen molar-refractivity contribution in [2.75, 3.05) is 18.0 Å². The monoisotopic (exact) mass is 370 g/mol. The second-order valence-corrected chi connectivity index (χ2v) is 6.89. The quantitative estimate of drug-likeness (QED) is 0.779. The van der Waals surface area contributed by atoms with Gasteiger partial charge in [-0.1, -0.05) is 0 Å². The predicted octanol–water partition coefficient (Wildman–Crippen LogP) is 0.648. The SMILES string of the molecule is CC(=O)NC(Cc1cccn1C)C(=O)NC1CCN(c2ncccn2)CC1. The Bertz CT molecular complexity index is 768. The van der Waals surface area contributed by atoms with Crippen LogP contribution in [0.1, 0.15) is 25.5 Å². The summed E-state index contributed by atoms with van der Waals surface area (Å²) in [7, 11) is 1.93. The van der Waals surface area contributed by atoms with Crippen LogP contribution in [0.3, 0.4) is 0 Å². The van der Waals surface area contributed by atoms with Crippen molar-refractivity contribution in [3.05, 3.63) is 42.5 Å². The van der Waals surface area contributed by atoms with E-state index in [2.05, 4.69) is 25.5 Å². The number of aromatic nitrogens is 3. The highest BCUT2D eigenvalue weighted by atomic mass is 16.2. The van der Waals surface area contributed by atoms with Gasteiger partial charge in [-0.3, -0.25) is 9.59 Å². The number of aryl methyl sites for hydroxylation is 1. The number of hydrogen-bond acceptors (Lipinski definition) is 5. The van der Waals surface area contributed by atoms with E-state index < -0.39 is 6.04 Å². The normalized spacial score (nSPS) is 16.0. The van der Waals surface area contributed by atoms with E-state index in [1.165, 1.54) is 6.92 Å². The molecule has 3 rings (SSSR count). The predicted molar refractivity (Wildman–Crippen MR) is 102 cm³/mol. The number of carbonyl (C=O) groups is 2. The van der Waals surface area contributed by atoms with Gasteiger partial charge in [0, 0.05) is 63.8 Å². The van der Waals surface area contributed by atoms with Crippen LogP contribution in [0.4, 0.5) is 5.95 Å². The Morgan fingerprint density at radius 1 is 1.22 bits per heavy atom. The van der Waals surface area contributed by atoms with Crippen molar-refractivity contribution in [1.82, 2.24) is 25.2 Å². The molecule has 8 heteroatoms. The van der Waals surface area contributed by atoms with Crippen molar-refractivity contribution in [2.45, 2.75) is 38.3 Å². The first-order valence-corrected chi connectivity index (χ1v) is 9.22. The molecule has 1 aliphatic rings. The van der Waals surface area contributed by atoms with Gasteiger partial charge in [-0.25, -0.2) is 9.97 Å². The third-order valence-corrected chi connectivity index (χ3v) is 4.83. The molecule has 1 unspecified atom stereocenters. The van der Waals surface area contributed by atoms with E-state index in [4.69, 9.17) is 0 Å². The van der Waals surface area contributed by atoms with E-state index in [0.29, 0.717) is 6.42 Å². The molecular formula is C19H26N6O2. The van der Waals surface area contributed by atoms with E-state index in [1.807, 2.05) is 29.9 Å². The summed E-state index contributed by atoms with van der Waals surface area (Å²) in [6, 6.07) is 5.19. The van der Waals surface area contributed by atoms with E-state index in [1.54, 1.807) is 18.5 Å². The Morgan fingerprint density at radius 3 is 2.52 bits per heavy atom. The van der Waals surface area contributed by atoms with Crippen molar-refractivity contribution < 1.29 is 9.59 Å². The van der Waals surface area contributed by atoms with Gasteiger partial charge in [0.2, 0.25) is 17.8 Å². The Labute approximate surface area is 159 Å². The van der Waals surface area contributed by atoms with Gasteiger partial charge in [0.1, 0.15) is 6.04 Å². The maximum Gasteiger partial charge on any atom is 0.243 e. The number of rotatable bonds is 6. The standard InChI is InChI=1S/C19H26N6O2/c1-14(26)22-17(13-16-5-3-10-24(16)2)18(27)23-15-6-11-25(12-7-15)19-20-8-4-9-21-19/h3-5,8-10,15,17H,6-7,11-13H2,1-2H3,(H,22,26)(H,23,27). The minimum atomic E-state index is -0.577. The average Bonchev–Trinajstić information content (AvgIpc) is 3.07. The van der Waals surface area contributed by atoms with Crippen LogP contribution in [0, 0.1) is 0 Å². The zero-order valence-electron chi connectivity index (χ0n) is 15.8. The number of amides is 2. The number of anilines is 1. The molecule has 2 aromatic heterocycles. The summed E-state index contributed by atoms with van der Waals surface area (Å²) >= 11 is 0. The lowest BCUT2D eigenvalue weighted by molar-refractivity contribution is -0.128. The second-order valence-electron chi connectivity index (χ2n) is 6.89. The smallest absolute Gasteiger partial charge is 0.243 e. The van der Waals surface area contributed by atoms with Crippen LogP contribution in [-0.4, -0.2) is 51.5 Å². The van der Waals surface area contributed by atoms with Crippen LogP contribution in [0.15, 0.2) is 36.8 Å². The van der Waals surface area contributed by atoms with Crippen molar-refractivity contribution in [2.24, 2.45) is 7.05 Å². The van der Waals surface area contributed by atoms with Gasteiger partial charge in [0.05, 0.1) is 0 Å². The molecule has 0 saturated carbocycles. The summed E-state index contributed by atoms with van der Waals surface area (Å²) in [5.41, 5.74) is 1.000. The van der Waals surface area contributed by atoms with Crippen molar-refractivity contribution in [1.29, 1.82) is 0 Å². The van der Waals surface area contributed by atoms with Gasteiger partial charge < -0.3 is 20.1 Å². The molecule has 1 saturated heterocycles. The van der Waals surface area contributed by atoms with Gasteiger partial charge in [-0.05, 0) is 31.0 Å². The van der Waals surface area contributed by atoms with Gasteiger partial charge >= 0.3 is 0 Å². The fraction of sp³-hybridized carbons (Fsp3) is 0.474. The van der Waals surface area contributed by atoms with Crippen LogP contribution in [0.5, 0.6) is 0 Å². The average molecular weight is 370 g/mol. The van der Waals surface area contributed by atoms with E-state index in [-0.39, 0.29) is 17.9 Å². The number of nitrogens with zero attached hydrogens (tertiary/aromatic N) is 4. The largest absolute Gasteiger partial charge is 0.354 e. The van der Waals surface area contributed by atoms with Gasteiger partial charge in [0.15, 0.2) is 0 Å². The van der Waals surface area contributed by atoms with Crippen molar-refractivity contribution >= 4 is 17.8 Å². The molecule has 1 aliphatic heterocycles. The molecular weight excluding hydrogens is 344 g/mol. The lowest BCUT2D eigenvalue weighted by Gasteiger charge is -2.33. The Hall–Kier alpha value is -2.90. The van der Waals surface area contributed by atoms with Crippen LogP contribution in [0.25, 0.3) is 0 Å². The molecule has 2 amide bonds. The molecule has 27 heavy (non-hydrogen) atoms. The maximum atomic E-state index is 12.8. The summed E-state index contributed by atoms with van der Waals surface area (Å²) in [6.07, 6.45) is 7.50. The first kappa shape index (κ1) is 18.9. The fourth-order valence-electron chi connectivity index (χ4n) is 3.35. The van der Waals surface area contributed by atoms with Crippen LogP contribution < -0.4 is 15.5 Å². The third-order valence-electron chi connectivity index (χ3n) is 4.83. The topological polar surface area (TPSA) is 92.2 Å². The summed E-state index contributed by atoms with van der Waals surface area (Å²) in [6.45, 7) is 3.01. The fourth-order valence-corrected chi connectivity index (χ4v) is 3.35. The van der Waals surface area contributed by atoms with Crippen LogP contribution in [-0.2, 0) is 23.1 Å². The second kappa shape index (κ2) is 8.66. The molecule has 8 nitrogen and oxygen atoms in total. The molecule has 0 bridgehead atoms. The van der Waals surface area contributed by atoms with Crippen LogP contribution in [0.2, 0.25) is 0 Å². The number of nitrogens with one attached hydrogen (secondary N) is 2. The highest BCUT2D eigenvalue weighted by Gasteiger charge is 2.26. The number of piperidine rings is 1.